The number of unbranched alkanes of at least 4 members (excludes halogenated alkanes) is 1. The van der Waals surface area contributed by atoms with Crippen LogP contribution in [0.25, 0.3) is 10.9 Å². The number of ether oxygens (including phenoxy) is 1. The molecule has 0 saturated carbocycles. The van der Waals surface area contributed by atoms with Crippen molar-refractivity contribution in [3.8, 4) is 18.1 Å². The Hall–Kier alpha value is -13.9. The highest BCUT2D eigenvalue weighted by atomic mass is 32.2. The summed E-state index contributed by atoms with van der Waals surface area (Å²) in [5, 5.41) is 37.5. The standard InChI is InChI=1S/C98H125F3N18O19S/c1-10-12-32-78-97(136)119-41-23-34-77(119)92(131)112-74(52-138-55-120)90(129)114-84(57(5)6)98(137)116(8)79(47-58-25-15-13-16-26-58)93(132)108-69(31-21-39-102)95(134)118-40-22-33-76(118)91(130)111-72(49-62-50-104-67-30-20-19-29-64(62)67)89(128)110-71(45-60-35-37-63(121)38-36-60)88(127)109-70(42-56(3)4)87(126)113-75(86(125)105-51-81(122)106-68(24-11-2)85(103)124)53-139-54-82(123)107-73(46-61-43-65(99)83(101)66(100)44-61)94(133)117(9)80(96(135)115(78)7)48-59-27-17-14-18-28-59/h2,13-20,25-30,35-38,43-44,50,55-57,68-80,84,104,121H,10,12,21-24,31-34,39-42,45-49,51-54,102H2,1,3-9H3,(H2,103,124)(H,105,125)(H,106,122)(H,107,123)(H,108,132)(H,109,127)(H,110,128)(H,111,130)(H,112,131)(H,113,126)(H,114,129)/t68-,69-,70-,71-,72-,73-,74-,75-,76+,77+,78-,79-,80-,84-/m0/s1. The lowest BCUT2D eigenvalue weighted by molar-refractivity contribution is -0.152. The largest absolute Gasteiger partial charge is 0.508 e. The van der Waals surface area contributed by atoms with E-state index < -0.39 is 239 Å². The first-order chi connectivity index (χ1) is 66.3. The van der Waals surface area contributed by atoms with Crippen LogP contribution >= 0.6 is 11.8 Å². The van der Waals surface area contributed by atoms with E-state index in [0.29, 0.717) is 69.9 Å². The molecule has 0 bridgehead atoms. The number of carbonyl (C=O) groups excluding carboxylic acids is 17. The van der Waals surface area contributed by atoms with Crippen LogP contribution in [0.5, 0.6) is 5.75 Å². The molecule has 3 saturated heterocycles. The van der Waals surface area contributed by atoms with E-state index in [1.165, 1.54) is 55.2 Å². The van der Waals surface area contributed by atoms with Crippen LogP contribution in [0, 0.1) is 41.6 Å². The number of benzene rings is 5. The molecule has 5 aromatic carbocycles. The number of para-hydroxylation sites is 1. The van der Waals surface area contributed by atoms with Gasteiger partial charge >= 0.3 is 0 Å². The number of halogens is 3. The Morgan fingerprint density at radius 3 is 1.70 bits per heavy atom. The van der Waals surface area contributed by atoms with Crippen LogP contribution < -0.4 is 64.6 Å². The Balaban J connectivity index is 1.14. The average molecular weight is 1950 g/mol. The lowest BCUT2D eigenvalue weighted by atomic mass is 9.98. The van der Waals surface area contributed by atoms with Gasteiger partial charge in [-0.1, -0.05) is 138 Å². The molecule has 14 atom stereocenters. The minimum absolute atomic E-state index is 0.00337. The molecule has 16 amide bonds. The Labute approximate surface area is 808 Å². The maximum absolute atomic E-state index is 15.8. The summed E-state index contributed by atoms with van der Waals surface area (Å²) in [6, 6.07) is 8.73. The van der Waals surface area contributed by atoms with Gasteiger partial charge in [-0.2, -0.15) is 0 Å². The fourth-order valence-electron chi connectivity index (χ4n) is 17.0. The minimum Gasteiger partial charge on any atom is -0.508 e. The Kier molecular flexibility index (Phi) is 41.1. The van der Waals surface area contributed by atoms with Crippen molar-refractivity contribution in [2.24, 2.45) is 23.3 Å². The molecule has 37 nitrogen and oxygen atoms in total. The molecule has 0 unspecified atom stereocenters. The molecule has 0 spiro atoms. The number of terminal acetylenes is 1. The fraction of sp³-hybridized carbons (Fsp3) is 0.480. The van der Waals surface area contributed by atoms with Crippen LogP contribution in [-0.2, 0) is 118 Å². The zero-order valence-electron chi connectivity index (χ0n) is 79.0. The van der Waals surface area contributed by atoms with Gasteiger partial charge < -0.3 is 104 Å². The number of hydrogen-bond acceptors (Lipinski definition) is 21. The van der Waals surface area contributed by atoms with E-state index in [-0.39, 0.29) is 121 Å². The number of phenolic OH excluding ortho intramolecular Hbond substituents is 1. The number of primary amides is 1. The monoisotopic (exact) mass is 1950 g/mol. The van der Waals surface area contributed by atoms with Gasteiger partial charge in [0.2, 0.25) is 94.5 Å². The van der Waals surface area contributed by atoms with Crippen LogP contribution in [0.2, 0.25) is 0 Å². The number of amides is 16. The van der Waals surface area contributed by atoms with Crippen molar-refractivity contribution in [3.63, 3.8) is 0 Å². The summed E-state index contributed by atoms with van der Waals surface area (Å²) < 4.78 is 50.5. The number of nitrogens with zero attached hydrogens (tertiary/aromatic N) is 5. The van der Waals surface area contributed by atoms with Gasteiger partial charge in [-0.15, -0.1) is 24.1 Å². The van der Waals surface area contributed by atoms with Gasteiger partial charge in [-0.3, -0.25) is 81.5 Å². The second-order valence-electron chi connectivity index (χ2n) is 35.7. The number of nitrogens with two attached hydrogens (primary N) is 2. The van der Waals surface area contributed by atoms with Gasteiger partial charge in [0, 0.05) is 95.6 Å². The van der Waals surface area contributed by atoms with Crippen LogP contribution in [0.15, 0.2) is 128 Å². The molecule has 9 rings (SSSR count). The molecule has 16 N–H and O–H groups in total. The summed E-state index contributed by atoms with van der Waals surface area (Å²) in [7, 11) is 3.82. The maximum atomic E-state index is 15.8. The SMILES string of the molecule is C#CC[C@H](NC(=O)CNC(=O)[C@@H]1CSCC(=O)N[C@@H](Cc2cc(F)c(F)c(F)c2)C(=O)N(C)[C@@H](Cc2ccccc2)C(=O)N(C)[C@@H](CCCC)C(=O)N2CCC[C@@H]2C(=O)N[C@@H](COC=O)C(=O)N[C@@H](C(C)C)C(=O)N(C)[C@@H](Cc2ccccc2)C(=O)N[C@@H](CCCN)C(=O)N2CCC[C@@H]2C(=O)N[C@@H](Cc2c[nH]c3ccccc23)C(=O)N[C@@H](Cc2ccc(O)cc2)C(=O)N[C@@H](CC(C)C)C(=O)N1)C(N)=O. The third-order valence-electron chi connectivity index (χ3n) is 24.6. The molecule has 3 aliphatic rings. The number of nitrogens with one attached hydrogen (secondary N) is 11. The van der Waals surface area contributed by atoms with Gasteiger partial charge in [-0.25, -0.2) is 13.2 Å². The zero-order valence-corrected chi connectivity index (χ0v) is 79.8. The molecular formula is C98H125F3N18O19S. The number of hydrogen-bond donors (Lipinski definition) is 14. The van der Waals surface area contributed by atoms with Gasteiger partial charge in [0.1, 0.15) is 96.9 Å². The van der Waals surface area contributed by atoms with Crippen molar-refractivity contribution in [1.82, 2.24) is 82.7 Å². The van der Waals surface area contributed by atoms with Gasteiger partial charge in [0.15, 0.2) is 17.5 Å². The van der Waals surface area contributed by atoms with Crippen LogP contribution in [0.1, 0.15) is 133 Å². The molecular weight excluding hydrogens is 1820 g/mol. The maximum Gasteiger partial charge on any atom is 0.293 e. The van der Waals surface area contributed by atoms with E-state index in [1.807, 2.05) is 6.92 Å². The summed E-state index contributed by atoms with van der Waals surface area (Å²) in [6.45, 7) is 6.62. The summed E-state index contributed by atoms with van der Waals surface area (Å²) in [5.74, 6) is -20.9. The number of H-pyrrole nitrogens is 1. The molecule has 3 aliphatic heterocycles. The first kappa shape index (κ1) is 109. The zero-order chi connectivity index (χ0) is 101. The van der Waals surface area contributed by atoms with Crippen LogP contribution in [0.4, 0.5) is 13.2 Å². The number of fused-ring (bicyclic) bond motifs is 3. The number of thioether (sulfide) groups is 1. The number of aromatic hydroxyl groups is 1. The normalized spacial score (nSPS) is 23.2. The average Bonchev–Trinajstić information content (AvgIpc) is 1.72. The summed E-state index contributed by atoms with van der Waals surface area (Å²) in [5.41, 5.74) is 13.7. The third kappa shape index (κ3) is 30.5. The highest BCUT2D eigenvalue weighted by molar-refractivity contribution is 8.00. The minimum atomic E-state index is -1.90. The van der Waals surface area contributed by atoms with Gasteiger partial charge in [0.25, 0.3) is 6.47 Å². The highest BCUT2D eigenvalue weighted by Gasteiger charge is 2.47. The Bertz CT molecular complexity index is 5380. The summed E-state index contributed by atoms with van der Waals surface area (Å²) >= 11 is 0.642. The van der Waals surface area contributed by atoms with Crippen molar-refractivity contribution in [3.05, 3.63) is 173 Å². The first-order valence-electron chi connectivity index (χ1n) is 46.4. The second-order valence-corrected chi connectivity index (χ2v) is 36.7. The van der Waals surface area contributed by atoms with Crippen molar-refractivity contribution in [1.29, 1.82) is 0 Å². The molecule has 4 heterocycles. The Morgan fingerprint density at radius 2 is 1.11 bits per heavy atom. The lowest BCUT2D eigenvalue weighted by Gasteiger charge is -2.38. The molecule has 0 radical (unpaired) electrons. The predicted molar refractivity (Wildman–Crippen MR) is 508 cm³/mol. The molecule has 3 fully saturated rings. The molecule has 41 heteroatoms. The molecule has 6 aromatic rings. The first-order valence-corrected chi connectivity index (χ1v) is 47.5. The summed E-state index contributed by atoms with van der Waals surface area (Å²) in [4.78, 5) is 261. The number of phenols is 1. The molecule has 139 heavy (non-hydrogen) atoms. The van der Waals surface area contributed by atoms with Crippen LogP contribution in [0.3, 0.4) is 0 Å². The lowest BCUT2D eigenvalue weighted by Crippen LogP contribution is -2.62. The number of aromatic amines is 1. The van der Waals surface area contributed by atoms with E-state index >= 15 is 56.7 Å². The van der Waals surface area contributed by atoms with Gasteiger partial charge in [-0.05, 0) is 128 Å². The van der Waals surface area contributed by atoms with E-state index in [4.69, 9.17) is 22.6 Å². The van der Waals surface area contributed by atoms with E-state index in [2.05, 4.69) is 64.1 Å². The van der Waals surface area contributed by atoms with E-state index in [0.717, 1.165) is 14.7 Å². The van der Waals surface area contributed by atoms with Gasteiger partial charge in [0.05, 0.1) is 12.3 Å². The van der Waals surface area contributed by atoms with Crippen LogP contribution in [-0.4, -0.2) is 286 Å². The van der Waals surface area contributed by atoms with Crippen molar-refractivity contribution in [2.75, 3.05) is 65.4 Å². The molecule has 748 valence electrons. The quantitative estimate of drug-likeness (QED) is 0.0189. The number of carbonyl (C=O) groups is 17. The third-order valence-corrected chi connectivity index (χ3v) is 25.7. The van der Waals surface area contributed by atoms with Crippen molar-refractivity contribution >= 4 is 124 Å². The number of aromatic nitrogens is 1. The smallest absolute Gasteiger partial charge is 0.293 e. The number of likely N-dealkylation sites (N-methyl/N-ethyl adjacent to an activating group) is 3. The predicted octanol–water partition coefficient (Wildman–Crippen LogP) is 1.81. The van der Waals surface area contributed by atoms with Crippen molar-refractivity contribution in [2.45, 2.75) is 222 Å². The topological polar surface area (TPSA) is 524 Å². The highest BCUT2D eigenvalue weighted by Crippen LogP contribution is 2.29. The fourth-order valence-corrected chi connectivity index (χ4v) is 17.9. The Morgan fingerprint density at radius 1 is 0.576 bits per heavy atom. The van der Waals surface area contributed by atoms with E-state index in [1.54, 1.807) is 119 Å². The molecule has 0 aliphatic carbocycles. The van der Waals surface area contributed by atoms with Crippen molar-refractivity contribution < 1.29 is 105 Å². The summed E-state index contributed by atoms with van der Waals surface area (Å²) in [6.07, 6.45) is 5.88. The van der Waals surface area contributed by atoms with E-state index in [9.17, 15) is 43.1 Å². The second kappa shape index (κ2) is 52.6. The molecule has 1 aromatic heterocycles. The number of rotatable bonds is 28.